The topological polar surface area (TPSA) is 116 Å². The molecular weight excluding hydrogens is 382 g/mol. The third-order valence-electron chi connectivity index (χ3n) is 5.21. The molecule has 1 aliphatic carbocycles. The normalized spacial score (nSPS) is 15.5. The third kappa shape index (κ3) is 4.88. The molecule has 1 aliphatic rings. The Morgan fingerprint density at radius 1 is 1.32 bits per heavy atom. The van der Waals surface area contributed by atoms with Crippen molar-refractivity contribution >= 4 is 24.0 Å². The number of nitro groups is 1. The summed E-state index contributed by atoms with van der Waals surface area (Å²) < 4.78 is 1.57. The fraction of sp³-hybridized carbons (Fsp3) is 0.474. The SMILES string of the molecule is Cl.Cn1cc(C(=O)NC(CN)C2CCCCC2)c(-c2ccc([N+](=O)[O-])cc2)n1. The summed E-state index contributed by atoms with van der Waals surface area (Å²) in [5, 5.41) is 18.3. The largest absolute Gasteiger partial charge is 0.348 e. The Morgan fingerprint density at radius 3 is 2.54 bits per heavy atom. The number of nitrogens with zero attached hydrogens (tertiary/aromatic N) is 3. The van der Waals surface area contributed by atoms with Gasteiger partial charge in [0.15, 0.2) is 0 Å². The lowest BCUT2D eigenvalue weighted by atomic mass is 9.84. The summed E-state index contributed by atoms with van der Waals surface area (Å²) in [7, 11) is 1.74. The maximum atomic E-state index is 12.9. The van der Waals surface area contributed by atoms with Gasteiger partial charge in [-0.3, -0.25) is 19.6 Å². The number of aromatic nitrogens is 2. The van der Waals surface area contributed by atoms with E-state index < -0.39 is 4.92 Å². The molecule has 0 aliphatic heterocycles. The van der Waals surface area contributed by atoms with Crippen molar-refractivity contribution in [3.05, 3.63) is 46.1 Å². The van der Waals surface area contributed by atoms with E-state index in [-0.39, 0.29) is 30.0 Å². The summed E-state index contributed by atoms with van der Waals surface area (Å²) in [5.41, 5.74) is 7.54. The Hall–Kier alpha value is -2.45. The quantitative estimate of drug-likeness (QED) is 0.563. The number of halogens is 1. The van der Waals surface area contributed by atoms with Crippen LogP contribution in [-0.2, 0) is 7.05 Å². The number of nitro benzene ring substituents is 1. The molecule has 3 rings (SSSR count). The van der Waals surface area contributed by atoms with Gasteiger partial charge in [-0.05, 0) is 30.9 Å². The predicted octanol–water partition coefficient (Wildman–Crippen LogP) is 3.05. The van der Waals surface area contributed by atoms with Gasteiger partial charge in [0.1, 0.15) is 5.69 Å². The van der Waals surface area contributed by atoms with Gasteiger partial charge in [0, 0.05) is 43.5 Å². The molecule has 1 amide bonds. The smallest absolute Gasteiger partial charge is 0.269 e. The van der Waals surface area contributed by atoms with Crippen molar-refractivity contribution in [2.24, 2.45) is 18.7 Å². The highest BCUT2D eigenvalue weighted by molar-refractivity contribution is 6.00. The Bertz CT molecular complexity index is 815. The molecule has 2 aromatic rings. The molecule has 1 aromatic carbocycles. The molecule has 1 fully saturated rings. The summed E-state index contributed by atoms with van der Waals surface area (Å²) in [5.74, 6) is 0.199. The zero-order chi connectivity index (χ0) is 19.4. The fourth-order valence-electron chi connectivity index (χ4n) is 3.76. The van der Waals surface area contributed by atoms with E-state index in [0.717, 1.165) is 12.8 Å². The highest BCUT2D eigenvalue weighted by Crippen LogP contribution is 2.28. The summed E-state index contributed by atoms with van der Waals surface area (Å²) in [4.78, 5) is 23.3. The highest BCUT2D eigenvalue weighted by atomic mass is 35.5. The van der Waals surface area contributed by atoms with Gasteiger partial charge >= 0.3 is 0 Å². The van der Waals surface area contributed by atoms with E-state index in [0.29, 0.717) is 29.3 Å². The van der Waals surface area contributed by atoms with Gasteiger partial charge in [-0.1, -0.05) is 19.3 Å². The van der Waals surface area contributed by atoms with E-state index in [1.165, 1.54) is 31.4 Å². The number of benzene rings is 1. The minimum atomic E-state index is -0.453. The van der Waals surface area contributed by atoms with Gasteiger partial charge in [-0.25, -0.2) is 0 Å². The number of carbonyl (C=O) groups excluding carboxylic acids is 1. The van der Waals surface area contributed by atoms with Crippen LogP contribution in [0, 0.1) is 16.0 Å². The fourth-order valence-corrected chi connectivity index (χ4v) is 3.76. The number of hydrogen-bond acceptors (Lipinski definition) is 5. The first-order valence-electron chi connectivity index (χ1n) is 9.29. The van der Waals surface area contributed by atoms with Crippen molar-refractivity contribution < 1.29 is 9.72 Å². The average Bonchev–Trinajstić information content (AvgIpc) is 3.08. The van der Waals surface area contributed by atoms with E-state index in [9.17, 15) is 14.9 Å². The first-order valence-corrected chi connectivity index (χ1v) is 9.29. The second kappa shape index (κ2) is 9.66. The van der Waals surface area contributed by atoms with Crippen LogP contribution in [0.1, 0.15) is 42.5 Å². The van der Waals surface area contributed by atoms with Gasteiger partial charge in [0.2, 0.25) is 0 Å². The lowest BCUT2D eigenvalue weighted by Crippen LogP contribution is -2.46. The van der Waals surface area contributed by atoms with Gasteiger partial charge in [-0.2, -0.15) is 5.10 Å². The molecule has 0 saturated heterocycles. The number of amides is 1. The summed E-state index contributed by atoms with van der Waals surface area (Å²) in [6.45, 7) is 0.406. The molecule has 1 unspecified atom stereocenters. The lowest BCUT2D eigenvalue weighted by Gasteiger charge is -2.30. The van der Waals surface area contributed by atoms with Gasteiger partial charge in [0.25, 0.3) is 11.6 Å². The van der Waals surface area contributed by atoms with E-state index in [1.807, 2.05) is 0 Å². The number of nitrogens with two attached hydrogens (primary N) is 1. The summed E-state index contributed by atoms with van der Waals surface area (Å²) in [6.07, 6.45) is 7.44. The maximum absolute atomic E-state index is 12.9. The van der Waals surface area contributed by atoms with Crippen molar-refractivity contribution in [2.45, 2.75) is 38.1 Å². The molecular formula is C19H26ClN5O3. The van der Waals surface area contributed by atoms with Crippen molar-refractivity contribution in [1.29, 1.82) is 0 Å². The van der Waals surface area contributed by atoms with E-state index in [4.69, 9.17) is 5.73 Å². The van der Waals surface area contributed by atoms with Crippen LogP contribution in [0.15, 0.2) is 30.5 Å². The van der Waals surface area contributed by atoms with Crippen LogP contribution < -0.4 is 11.1 Å². The number of nitrogens with one attached hydrogen (secondary N) is 1. The molecule has 1 atom stereocenters. The van der Waals surface area contributed by atoms with Gasteiger partial charge in [-0.15, -0.1) is 12.4 Å². The standard InChI is InChI=1S/C19H25N5O3.ClH/c1-23-12-16(18(22-23)14-7-9-15(10-8-14)24(26)27)19(25)21-17(11-20)13-5-3-2-4-6-13;/h7-10,12-13,17H,2-6,11,20H2,1H3,(H,21,25);1H. The Kier molecular flexibility index (Phi) is 7.53. The van der Waals surface area contributed by atoms with Gasteiger partial charge in [0.05, 0.1) is 10.5 Å². The Morgan fingerprint density at radius 2 is 1.96 bits per heavy atom. The van der Waals surface area contributed by atoms with Crippen molar-refractivity contribution in [3.8, 4) is 11.3 Å². The molecule has 28 heavy (non-hydrogen) atoms. The molecule has 1 heterocycles. The van der Waals surface area contributed by atoms with Crippen molar-refractivity contribution in [2.75, 3.05) is 6.54 Å². The van der Waals surface area contributed by atoms with E-state index in [2.05, 4.69) is 10.4 Å². The lowest BCUT2D eigenvalue weighted by molar-refractivity contribution is -0.384. The zero-order valence-electron chi connectivity index (χ0n) is 15.8. The summed E-state index contributed by atoms with van der Waals surface area (Å²) >= 11 is 0. The van der Waals surface area contributed by atoms with Crippen molar-refractivity contribution in [1.82, 2.24) is 15.1 Å². The highest BCUT2D eigenvalue weighted by Gasteiger charge is 2.26. The molecule has 0 spiro atoms. The van der Waals surface area contributed by atoms with Crippen LogP contribution in [0.5, 0.6) is 0 Å². The minimum absolute atomic E-state index is 0. The molecule has 0 radical (unpaired) electrons. The number of hydrogen-bond donors (Lipinski definition) is 2. The Balaban J connectivity index is 0.00000280. The van der Waals surface area contributed by atoms with Crippen LogP contribution >= 0.6 is 12.4 Å². The third-order valence-corrected chi connectivity index (χ3v) is 5.21. The van der Waals surface area contributed by atoms with Crippen LogP contribution in [0.4, 0.5) is 5.69 Å². The monoisotopic (exact) mass is 407 g/mol. The van der Waals surface area contributed by atoms with Crippen LogP contribution in [0.2, 0.25) is 0 Å². The van der Waals surface area contributed by atoms with Gasteiger partial charge < -0.3 is 11.1 Å². The molecule has 0 bridgehead atoms. The number of non-ortho nitro benzene ring substituents is 1. The van der Waals surface area contributed by atoms with Crippen LogP contribution in [-0.4, -0.2) is 33.2 Å². The number of aryl methyl sites for hydroxylation is 1. The molecule has 1 saturated carbocycles. The maximum Gasteiger partial charge on any atom is 0.269 e. The van der Waals surface area contributed by atoms with E-state index in [1.54, 1.807) is 30.1 Å². The van der Waals surface area contributed by atoms with Crippen molar-refractivity contribution in [3.63, 3.8) is 0 Å². The minimum Gasteiger partial charge on any atom is -0.348 e. The molecule has 152 valence electrons. The first-order chi connectivity index (χ1) is 13.0. The number of carbonyl (C=O) groups is 1. The van der Waals surface area contributed by atoms with Crippen LogP contribution in [0.25, 0.3) is 11.3 Å². The molecule has 8 nitrogen and oxygen atoms in total. The average molecular weight is 408 g/mol. The molecule has 9 heteroatoms. The first kappa shape index (κ1) is 21.8. The van der Waals surface area contributed by atoms with Crippen LogP contribution in [0.3, 0.4) is 0 Å². The second-order valence-electron chi connectivity index (χ2n) is 7.08. The van der Waals surface area contributed by atoms with E-state index >= 15 is 0 Å². The predicted molar refractivity (Wildman–Crippen MR) is 109 cm³/mol. The molecule has 1 aromatic heterocycles. The number of rotatable bonds is 6. The summed E-state index contributed by atoms with van der Waals surface area (Å²) in [6, 6.07) is 5.99. The molecule has 3 N–H and O–H groups in total. The second-order valence-corrected chi connectivity index (χ2v) is 7.08. The zero-order valence-corrected chi connectivity index (χ0v) is 16.7. The Labute approximate surface area is 170 Å².